The summed E-state index contributed by atoms with van der Waals surface area (Å²) in [5, 5.41) is 25.3. The number of amides is 1. The van der Waals surface area contributed by atoms with Gasteiger partial charge in [0.1, 0.15) is 11.6 Å². The summed E-state index contributed by atoms with van der Waals surface area (Å²) in [6, 6.07) is 8.88. The van der Waals surface area contributed by atoms with Gasteiger partial charge in [-0.05, 0) is 36.8 Å². The normalized spacial score (nSPS) is 15.9. The third kappa shape index (κ3) is 3.10. The Hall–Kier alpha value is -2.97. The summed E-state index contributed by atoms with van der Waals surface area (Å²) >= 11 is 5.82. The second-order valence-corrected chi connectivity index (χ2v) is 6.90. The molecule has 4 rings (SSSR count). The van der Waals surface area contributed by atoms with Gasteiger partial charge in [-0.2, -0.15) is 9.78 Å². The molecule has 2 aromatic heterocycles. The number of aromatic nitrogens is 4. The maximum atomic E-state index is 12.5. The van der Waals surface area contributed by atoms with E-state index in [1.165, 1.54) is 0 Å². The number of hydrogen-bond acceptors (Lipinski definition) is 6. The van der Waals surface area contributed by atoms with Crippen molar-refractivity contribution in [3.05, 3.63) is 57.9 Å². The number of nitrogens with zero attached hydrogens (tertiary/aromatic N) is 4. The molecule has 1 amide bonds. The molecule has 0 saturated heterocycles. The van der Waals surface area contributed by atoms with Crippen molar-refractivity contribution < 1.29 is 14.6 Å². The molecule has 0 aliphatic carbocycles. The van der Waals surface area contributed by atoms with Crippen LogP contribution in [0.15, 0.2) is 30.3 Å². The predicted molar refractivity (Wildman–Crippen MR) is 103 cm³/mol. The van der Waals surface area contributed by atoms with E-state index in [4.69, 9.17) is 16.3 Å². The minimum absolute atomic E-state index is 0.123. The Morgan fingerprint density at radius 3 is 2.82 bits per heavy atom. The SMILES string of the molecule is COc1ccc([C@@H]2CC(=O)Nc3c2c(C)nn3-c2ccc(Cl)nn2)cc1CO. The Kier molecular flexibility index (Phi) is 4.74. The van der Waals surface area contributed by atoms with Crippen LogP contribution in [0.5, 0.6) is 5.75 Å². The van der Waals surface area contributed by atoms with E-state index in [0.717, 1.165) is 16.8 Å². The first-order valence-electron chi connectivity index (χ1n) is 8.68. The molecule has 3 heterocycles. The highest BCUT2D eigenvalue weighted by Gasteiger charge is 2.33. The van der Waals surface area contributed by atoms with E-state index in [2.05, 4.69) is 20.6 Å². The van der Waals surface area contributed by atoms with Gasteiger partial charge in [-0.15, -0.1) is 10.2 Å². The number of nitrogens with one attached hydrogen (secondary N) is 1. The van der Waals surface area contributed by atoms with E-state index >= 15 is 0 Å². The van der Waals surface area contributed by atoms with Crippen molar-refractivity contribution in [3.63, 3.8) is 0 Å². The molecule has 1 atom stereocenters. The number of carbonyl (C=O) groups excluding carboxylic acids is 1. The van der Waals surface area contributed by atoms with Crippen LogP contribution in [0.1, 0.15) is 34.7 Å². The fourth-order valence-electron chi connectivity index (χ4n) is 3.56. The third-order valence-corrected chi connectivity index (χ3v) is 5.02. The van der Waals surface area contributed by atoms with Crippen LogP contribution in [0, 0.1) is 6.92 Å². The van der Waals surface area contributed by atoms with Crippen molar-refractivity contribution in [2.75, 3.05) is 12.4 Å². The lowest BCUT2D eigenvalue weighted by molar-refractivity contribution is -0.116. The second kappa shape index (κ2) is 7.21. The molecule has 0 fully saturated rings. The minimum Gasteiger partial charge on any atom is -0.496 e. The molecule has 9 heteroatoms. The van der Waals surface area contributed by atoms with Gasteiger partial charge in [0.15, 0.2) is 11.0 Å². The number of methoxy groups -OCH3 is 1. The van der Waals surface area contributed by atoms with E-state index in [9.17, 15) is 9.90 Å². The number of aliphatic hydroxyl groups excluding tert-OH is 1. The molecule has 28 heavy (non-hydrogen) atoms. The molecule has 0 bridgehead atoms. The molecule has 0 radical (unpaired) electrons. The molecule has 8 nitrogen and oxygen atoms in total. The zero-order chi connectivity index (χ0) is 19.8. The first-order valence-corrected chi connectivity index (χ1v) is 9.06. The van der Waals surface area contributed by atoms with Gasteiger partial charge in [0.05, 0.1) is 19.4 Å². The Labute approximate surface area is 166 Å². The Morgan fingerprint density at radius 1 is 1.32 bits per heavy atom. The number of benzene rings is 1. The molecule has 0 saturated carbocycles. The number of ether oxygens (including phenoxy) is 1. The second-order valence-electron chi connectivity index (χ2n) is 6.51. The van der Waals surface area contributed by atoms with E-state index in [-0.39, 0.29) is 30.0 Å². The molecular weight excluding hydrogens is 382 g/mol. The number of rotatable bonds is 4. The quantitative estimate of drug-likeness (QED) is 0.699. The number of aryl methyl sites for hydroxylation is 1. The summed E-state index contributed by atoms with van der Waals surface area (Å²) in [4.78, 5) is 12.5. The standard InChI is InChI=1S/C19H18ClN5O3/c1-10-18-13(11-3-4-14(28-2)12(7-11)9-26)8-17(27)21-19(18)25(24-10)16-6-5-15(20)22-23-16/h3-7,13,26H,8-9H2,1-2H3,(H,21,27)/t13-/m0/s1. The van der Waals surface area contributed by atoms with Gasteiger partial charge in [0.2, 0.25) is 5.91 Å². The van der Waals surface area contributed by atoms with E-state index in [1.54, 1.807) is 30.0 Å². The molecular formula is C19H18ClN5O3. The van der Waals surface area contributed by atoms with Gasteiger partial charge in [0.25, 0.3) is 0 Å². The zero-order valence-corrected chi connectivity index (χ0v) is 16.1. The fourth-order valence-corrected chi connectivity index (χ4v) is 3.66. The molecule has 144 valence electrons. The van der Waals surface area contributed by atoms with Gasteiger partial charge < -0.3 is 15.2 Å². The van der Waals surface area contributed by atoms with Crippen LogP contribution in [-0.2, 0) is 11.4 Å². The molecule has 3 aromatic rings. The lowest BCUT2D eigenvalue weighted by Crippen LogP contribution is -2.25. The molecule has 1 aliphatic rings. The van der Waals surface area contributed by atoms with Gasteiger partial charge in [-0.3, -0.25) is 4.79 Å². The van der Waals surface area contributed by atoms with E-state index in [1.807, 2.05) is 19.1 Å². The maximum absolute atomic E-state index is 12.5. The topological polar surface area (TPSA) is 102 Å². The average Bonchev–Trinajstić information content (AvgIpc) is 3.03. The highest BCUT2D eigenvalue weighted by molar-refractivity contribution is 6.29. The monoisotopic (exact) mass is 399 g/mol. The van der Waals surface area contributed by atoms with Gasteiger partial charge >= 0.3 is 0 Å². The Balaban J connectivity index is 1.84. The van der Waals surface area contributed by atoms with Crippen LogP contribution in [0.3, 0.4) is 0 Å². The molecule has 0 unspecified atom stereocenters. The molecule has 0 spiro atoms. The highest BCUT2D eigenvalue weighted by atomic mass is 35.5. The Morgan fingerprint density at radius 2 is 2.14 bits per heavy atom. The number of aliphatic hydroxyl groups is 1. The Bertz CT molecular complexity index is 1050. The van der Waals surface area contributed by atoms with Crippen molar-refractivity contribution in [3.8, 4) is 11.6 Å². The van der Waals surface area contributed by atoms with E-state index in [0.29, 0.717) is 22.9 Å². The third-order valence-electron chi connectivity index (χ3n) is 4.81. The summed E-state index contributed by atoms with van der Waals surface area (Å²) in [6.07, 6.45) is 0.281. The van der Waals surface area contributed by atoms with Crippen molar-refractivity contribution >= 4 is 23.3 Å². The summed E-state index contributed by atoms with van der Waals surface area (Å²) < 4.78 is 6.85. The first kappa shape index (κ1) is 18.4. The summed E-state index contributed by atoms with van der Waals surface area (Å²) in [5.74, 6) is 1.31. The van der Waals surface area contributed by atoms with Gasteiger partial charge in [0, 0.05) is 23.5 Å². The predicted octanol–water partition coefficient (Wildman–Crippen LogP) is 2.60. The largest absolute Gasteiger partial charge is 0.496 e. The van der Waals surface area contributed by atoms with Crippen LogP contribution in [-0.4, -0.2) is 38.1 Å². The number of fused-ring (bicyclic) bond motifs is 1. The number of hydrogen-bond donors (Lipinski definition) is 2. The first-order chi connectivity index (χ1) is 13.5. The summed E-state index contributed by atoms with van der Waals surface area (Å²) in [5.41, 5.74) is 3.26. The smallest absolute Gasteiger partial charge is 0.226 e. The molecule has 1 aliphatic heterocycles. The van der Waals surface area contributed by atoms with Crippen molar-refractivity contribution in [1.29, 1.82) is 0 Å². The van der Waals surface area contributed by atoms with Crippen LogP contribution < -0.4 is 10.1 Å². The van der Waals surface area contributed by atoms with Crippen molar-refractivity contribution in [2.24, 2.45) is 0 Å². The van der Waals surface area contributed by atoms with Crippen molar-refractivity contribution in [2.45, 2.75) is 25.9 Å². The number of carbonyl (C=O) groups is 1. The van der Waals surface area contributed by atoms with Crippen LogP contribution in [0.25, 0.3) is 5.82 Å². The minimum atomic E-state index is -0.200. The summed E-state index contributed by atoms with van der Waals surface area (Å²) in [7, 11) is 1.56. The van der Waals surface area contributed by atoms with Crippen LogP contribution in [0.2, 0.25) is 5.15 Å². The molecule has 1 aromatic carbocycles. The summed E-state index contributed by atoms with van der Waals surface area (Å²) in [6.45, 7) is 1.74. The molecule has 2 N–H and O–H groups in total. The fraction of sp³-hybridized carbons (Fsp3) is 0.263. The van der Waals surface area contributed by atoms with Crippen LogP contribution in [0.4, 0.5) is 5.82 Å². The average molecular weight is 400 g/mol. The lowest BCUT2D eigenvalue weighted by atomic mass is 9.85. The van der Waals surface area contributed by atoms with E-state index < -0.39 is 0 Å². The zero-order valence-electron chi connectivity index (χ0n) is 15.3. The number of anilines is 1. The lowest BCUT2D eigenvalue weighted by Gasteiger charge is -2.25. The van der Waals surface area contributed by atoms with Crippen molar-refractivity contribution in [1.82, 2.24) is 20.0 Å². The number of halogens is 1. The maximum Gasteiger partial charge on any atom is 0.226 e. The van der Waals surface area contributed by atoms with Gasteiger partial charge in [-0.1, -0.05) is 17.7 Å². The van der Waals surface area contributed by atoms with Gasteiger partial charge in [-0.25, -0.2) is 0 Å². The highest BCUT2D eigenvalue weighted by Crippen LogP contribution is 2.41. The van der Waals surface area contributed by atoms with Crippen LogP contribution >= 0.6 is 11.6 Å².